The lowest BCUT2D eigenvalue weighted by molar-refractivity contribution is 0.642. The second kappa shape index (κ2) is 6.97. The summed E-state index contributed by atoms with van der Waals surface area (Å²) in [6, 6.07) is 21.9. The average molecular weight is 438 g/mol. The summed E-state index contributed by atoms with van der Waals surface area (Å²) in [7, 11) is 0. The first-order chi connectivity index (χ1) is 15.5. The van der Waals surface area contributed by atoms with E-state index in [2.05, 4.69) is 46.8 Å². The van der Waals surface area contributed by atoms with Gasteiger partial charge in [0.05, 0.1) is 21.4 Å². The van der Waals surface area contributed by atoms with E-state index in [0.717, 1.165) is 60.5 Å². The van der Waals surface area contributed by atoms with Crippen molar-refractivity contribution in [3.05, 3.63) is 89.5 Å². The number of hydrogen-bond acceptors (Lipinski definition) is 3. The SMILES string of the molecule is Cc1cc(-n2c(-c3ccc(C)c4c3sc3c(F)cccc34)nc3ccccc32)cc(C)n1. The zero-order valence-corrected chi connectivity index (χ0v) is 18.8. The van der Waals surface area contributed by atoms with Gasteiger partial charge in [0.1, 0.15) is 11.6 Å². The van der Waals surface area contributed by atoms with Gasteiger partial charge < -0.3 is 0 Å². The molecule has 0 radical (unpaired) electrons. The van der Waals surface area contributed by atoms with Gasteiger partial charge in [-0.3, -0.25) is 9.55 Å². The molecule has 0 atom stereocenters. The van der Waals surface area contributed by atoms with Crippen LogP contribution in [0.1, 0.15) is 17.0 Å². The number of nitrogens with zero attached hydrogens (tertiary/aromatic N) is 3. The fourth-order valence-electron chi connectivity index (χ4n) is 4.62. The van der Waals surface area contributed by atoms with Gasteiger partial charge in [0.25, 0.3) is 0 Å². The predicted molar refractivity (Wildman–Crippen MR) is 131 cm³/mol. The standard InChI is InChI=1S/C27H20FN3S/c1-15-11-12-20(26-24(15)19-7-6-8-21(28)25(19)32-26)27-30-22-9-4-5-10-23(22)31(27)18-13-16(2)29-17(3)14-18/h4-14H,1-3H3. The maximum atomic E-state index is 14.7. The molecular formula is C27H20FN3S. The summed E-state index contributed by atoms with van der Waals surface area (Å²) >= 11 is 1.50. The van der Waals surface area contributed by atoms with Gasteiger partial charge in [0, 0.05) is 32.4 Å². The molecule has 6 aromatic rings. The van der Waals surface area contributed by atoms with Gasteiger partial charge in [-0.15, -0.1) is 11.3 Å². The highest BCUT2D eigenvalue weighted by atomic mass is 32.1. The highest BCUT2D eigenvalue weighted by Crippen LogP contribution is 2.43. The van der Waals surface area contributed by atoms with Crippen molar-refractivity contribution in [2.75, 3.05) is 0 Å². The van der Waals surface area contributed by atoms with Crippen LogP contribution in [0.3, 0.4) is 0 Å². The molecule has 0 saturated carbocycles. The number of para-hydroxylation sites is 2. The van der Waals surface area contributed by atoms with Crippen LogP contribution in [0.15, 0.2) is 66.7 Å². The van der Waals surface area contributed by atoms with Crippen molar-refractivity contribution in [1.82, 2.24) is 14.5 Å². The maximum absolute atomic E-state index is 14.7. The summed E-state index contributed by atoms with van der Waals surface area (Å²) in [5, 5.41) is 2.06. The molecule has 0 saturated heterocycles. The molecule has 0 unspecified atom stereocenters. The van der Waals surface area contributed by atoms with Crippen molar-refractivity contribution < 1.29 is 4.39 Å². The Morgan fingerprint density at radius 2 is 1.59 bits per heavy atom. The minimum Gasteiger partial charge on any atom is -0.292 e. The van der Waals surface area contributed by atoms with Crippen molar-refractivity contribution in [3.63, 3.8) is 0 Å². The summed E-state index contributed by atoms with van der Waals surface area (Å²) in [6.07, 6.45) is 0. The molecule has 0 spiro atoms. The first kappa shape index (κ1) is 19.1. The number of pyridine rings is 1. The molecule has 0 N–H and O–H groups in total. The van der Waals surface area contributed by atoms with Gasteiger partial charge in [0.15, 0.2) is 0 Å². The van der Waals surface area contributed by atoms with E-state index in [1.165, 1.54) is 17.4 Å². The number of halogens is 1. The molecule has 3 heterocycles. The molecule has 0 amide bonds. The van der Waals surface area contributed by atoms with Crippen LogP contribution in [0.25, 0.3) is 48.3 Å². The Balaban J connectivity index is 1.76. The van der Waals surface area contributed by atoms with E-state index in [0.29, 0.717) is 4.70 Å². The highest BCUT2D eigenvalue weighted by Gasteiger charge is 2.20. The maximum Gasteiger partial charge on any atom is 0.147 e. The molecule has 156 valence electrons. The Labute approximate surface area is 188 Å². The molecule has 0 aliphatic carbocycles. The fraction of sp³-hybridized carbons (Fsp3) is 0.111. The highest BCUT2D eigenvalue weighted by molar-refractivity contribution is 7.26. The zero-order valence-electron chi connectivity index (χ0n) is 18.0. The Bertz CT molecular complexity index is 1660. The van der Waals surface area contributed by atoms with Crippen molar-refractivity contribution in [3.8, 4) is 17.1 Å². The lowest BCUT2D eigenvalue weighted by atomic mass is 10.0. The minimum absolute atomic E-state index is 0.178. The number of aromatic nitrogens is 3. The molecular weight excluding hydrogens is 417 g/mol. The van der Waals surface area contributed by atoms with Crippen molar-refractivity contribution in [2.24, 2.45) is 0 Å². The third kappa shape index (κ3) is 2.78. The van der Waals surface area contributed by atoms with E-state index in [9.17, 15) is 4.39 Å². The zero-order chi connectivity index (χ0) is 22.0. The van der Waals surface area contributed by atoms with Crippen LogP contribution in [0, 0.1) is 26.6 Å². The van der Waals surface area contributed by atoms with E-state index < -0.39 is 0 Å². The summed E-state index contributed by atoms with van der Waals surface area (Å²) < 4.78 is 18.6. The Kier molecular flexibility index (Phi) is 4.17. The quantitative estimate of drug-likeness (QED) is 0.280. The lowest BCUT2D eigenvalue weighted by Gasteiger charge is -2.12. The number of aryl methyl sites for hydroxylation is 3. The molecule has 0 bridgehead atoms. The molecule has 32 heavy (non-hydrogen) atoms. The van der Waals surface area contributed by atoms with Crippen LogP contribution in [0.5, 0.6) is 0 Å². The average Bonchev–Trinajstić information content (AvgIpc) is 3.34. The van der Waals surface area contributed by atoms with Gasteiger partial charge >= 0.3 is 0 Å². The first-order valence-electron chi connectivity index (χ1n) is 10.5. The second-order valence-electron chi connectivity index (χ2n) is 8.22. The van der Waals surface area contributed by atoms with Gasteiger partial charge in [-0.2, -0.15) is 0 Å². The third-order valence-electron chi connectivity index (χ3n) is 5.93. The summed E-state index contributed by atoms with van der Waals surface area (Å²) in [5.74, 6) is 0.677. The van der Waals surface area contributed by atoms with Crippen LogP contribution in [-0.2, 0) is 0 Å². The van der Waals surface area contributed by atoms with Gasteiger partial charge in [-0.25, -0.2) is 9.37 Å². The van der Waals surface area contributed by atoms with Crippen LogP contribution in [0.2, 0.25) is 0 Å². The van der Waals surface area contributed by atoms with Gasteiger partial charge in [-0.1, -0.05) is 30.3 Å². The number of rotatable bonds is 2. The van der Waals surface area contributed by atoms with E-state index in [-0.39, 0.29) is 5.82 Å². The predicted octanol–water partition coefficient (Wildman–Crippen LogP) is 7.52. The van der Waals surface area contributed by atoms with Gasteiger partial charge in [-0.05, 0) is 62.7 Å². The summed E-state index contributed by atoms with van der Waals surface area (Å²) in [6.45, 7) is 6.10. The Hall–Kier alpha value is -3.57. The lowest BCUT2D eigenvalue weighted by Crippen LogP contribution is -2.00. The molecule has 5 heteroatoms. The van der Waals surface area contributed by atoms with Gasteiger partial charge in [0.2, 0.25) is 0 Å². The first-order valence-corrected chi connectivity index (χ1v) is 11.4. The van der Waals surface area contributed by atoms with E-state index in [1.54, 1.807) is 6.07 Å². The second-order valence-corrected chi connectivity index (χ2v) is 9.24. The normalized spacial score (nSPS) is 11.8. The number of thiophene rings is 1. The molecule has 6 rings (SSSR count). The van der Waals surface area contributed by atoms with Crippen LogP contribution >= 0.6 is 11.3 Å². The number of hydrogen-bond donors (Lipinski definition) is 0. The van der Waals surface area contributed by atoms with Crippen LogP contribution in [-0.4, -0.2) is 14.5 Å². The molecule has 0 aliphatic heterocycles. The van der Waals surface area contributed by atoms with E-state index >= 15 is 0 Å². The third-order valence-corrected chi connectivity index (χ3v) is 7.18. The van der Waals surface area contributed by atoms with E-state index in [1.807, 2.05) is 38.1 Å². The topological polar surface area (TPSA) is 30.7 Å². The molecule has 0 aliphatic rings. The van der Waals surface area contributed by atoms with Crippen molar-refractivity contribution >= 4 is 42.5 Å². The molecule has 3 aromatic carbocycles. The summed E-state index contributed by atoms with van der Waals surface area (Å²) in [5.41, 5.74) is 7.06. The molecule has 3 nitrogen and oxygen atoms in total. The monoisotopic (exact) mass is 437 g/mol. The number of benzene rings is 3. The Morgan fingerprint density at radius 1 is 0.812 bits per heavy atom. The molecule has 3 aromatic heterocycles. The Morgan fingerprint density at radius 3 is 2.41 bits per heavy atom. The van der Waals surface area contributed by atoms with E-state index in [4.69, 9.17) is 4.98 Å². The van der Waals surface area contributed by atoms with Crippen molar-refractivity contribution in [2.45, 2.75) is 20.8 Å². The van der Waals surface area contributed by atoms with Crippen molar-refractivity contribution in [1.29, 1.82) is 0 Å². The smallest absolute Gasteiger partial charge is 0.147 e. The number of fused-ring (bicyclic) bond motifs is 4. The largest absolute Gasteiger partial charge is 0.292 e. The van der Waals surface area contributed by atoms with Crippen LogP contribution in [0.4, 0.5) is 4.39 Å². The summed E-state index contributed by atoms with van der Waals surface area (Å²) in [4.78, 5) is 9.60. The number of imidazole rings is 1. The fourth-order valence-corrected chi connectivity index (χ4v) is 5.91. The van der Waals surface area contributed by atoms with Crippen LogP contribution < -0.4 is 0 Å². The minimum atomic E-state index is -0.178. The molecule has 0 fully saturated rings.